The molecule has 0 radical (unpaired) electrons. The van der Waals surface area contributed by atoms with Crippen LogP contribution >= 0.6 is 23.1 Å². The number of nitrogens with one attached hydrogen (secondary N) is 3. The van der Waals surface area contributed by atoms with Crippen LogP contribution in [0, 0.1) is 0 Å². The lowest BCUT2D eigenvalue weighted by atomic mass is 10.0. The number of carbonyl (C=O) groups is 3. The maximum Gasteiger partial charge on any atom is 0.272 e. The Morgan fingerprint density at radius 1 is 0.816 bits per heavy atom. The zero-order valence-corrected chi connectivity index (χ0v) is 28.3. The zero-order valence-electron chi connectivity index (χ0n) is 26.7. The van der Waals surface area contributed by atoms with E-state index in [0.717, 1.165) is 32.5 Å². The van der Waals surface area contributed by atoms with Crippen molar-refractivity contribution in [3.63, 3.8) is 0 Å². The number of ether oxygens (including phenoxy) is 1. The number of amides is 3. The van der Waals surface area contributed by atoms with Gasteiger partial charge in [-0.15, -0.1) is 23.1 Å². The molecule has 0 bridgehead atoms. The van der Waals surface area contributed by atoms with Gasteiger partial charge < -0.3 is 20.7 Å². The maximum atomic E-state index is 13.6. The molecule has 1 atom stereocenters. The summed E-state index contributed by atoms with van der Waals surface area (Å²) in [5.41, 5.74) is 3.45. The van der Waals surface area contributed by atoms with Crippen molar-refractivity contribution in [1.82, 2.24) is 10.3 Å². The van der Waals surface area contributed by atoms with Crippen molar-refractivity contribution in [2.24, 2.45) is 0 Å². The molecule has 1 aromatic heterocycles. The summed E-state index contributed by atoms with van der Waals surface area (Å²) >= 11 is 2.74. The van der Waals surface area contributed by atoms with E-state index >= 15 is 0 Å². The van der Waals surface area contributed by atoms with E-state index in [2.05, 4.69) is 20.9 Å². The minimum Gasteiger partial charge on any atom is -0.496 e. The Balaban J connectivity index is 1.12. The number of anilines is 2. The first-order valence-electron chi connectivity index (χ1n) is 15.4. The molecule has 244 valence electrons. The summed E-state index contributed by atoms with van der Waals surface area (Å²) in [6, 6.07) is 37.2. The van der Waals surface area contributed by atoms with Gasteiger partial charge in [-0.1, -0.05) is 72.8 Å². The second-order valence-electron chi connectivity index (χ2n) is 10.9. The number of thioether (sulfide) groups is 1. The fourth-order valence-corrected chi connectivity index (χ4v) is 6.65. The highest BCUT2D eigenvalue weighted by molar-refractivity contribution is 8.00. The van der Waals surface area contributed by atoms with Crippen LogP contribution in [0.3, 0.4) is 0 Å². The number of hydrogen-bond acceptors (Lipinski definition) is 7. The fourth-order valence-electron chi connectivity index (χ4n) is 5.07. The van der Waals surface area contributed by atoms with E-state index in [1.54, 1.807) is 49.6 Å². The van der Waals surface area contributed by atoms with E-state index in [0.29, 0.717) is 22.1 Å². The smallest absolute Gasteiger partial charge is 0.272 e. The molecule has 3 amide bonds. The summed E-state index contributed by atoms with van der Waals surface area (Å²) in [6.45, 7) is 1.82. The summed E-state index contributed by atoms with van der Waals surface area (Å²) < 4.78 is 5.44. The van der Waals surface area contributed by atoms with Crippen LogP contribution in [0.4, 0.5) is 10.8 Å². The van der Waals surface area contributed by atoms with Crippen molar-refractivity contribution in [3.05, 3.63) is 144 Å². The van der Waals surface area contributed by atoms with Gasteiger partial charge in [0.05, 0.1) is 18.1 Å². The van der Waals surface area contributed by atoms with E-state index < -0.39 is 17.1 Å². The molecular weight excluding hydrogens is 653 g/mol. The topological polar surface area (TPSA) is 109 Å². The predicted octanol–water partition coefficient (Wildman–Crippen LogP) is 8.50. The summed E-state index contributed by atoms with van der Waals surface area (Å²) in [7, 11) is 1.61. The first-order valence-corrected chi connectivity index (χ1v) is 17.2. The monoisotopic (exact) mass is 684 g/mol. The number of para-hydroxylation sites is 1. The molecule has 1 unspecified atom stereocenters. The normalized spacial score (nSPS) is 11.8. The second kappa shape index (κ2) is 15.5. The molecule has 49 heavy (non-hydrogen) atoms. The Morgan fingerprint density at radius 2 is 1.53 bits per heavy atom. The van der Waals surface area contributed by atoms with Crippen molar-refractivity contribution >= 4 is 68.5 Å². The maximum absolute atomic E-state index is 13.6. The molecule has 5 aromatic carbocycles. The first-order chi connectivity index (χ1) is 23.9. The Hall–Kier alpha value is -5.71. The molecule has 1 heterocycles. The number of carbonyl (C=O) groups excluding carboxylic acids is 3. The third-order valence-electron chi connectivity index (χ3n) is 7.56. The van der Waals surface area contributed by atoms with Crippen LogP contribution in [-0.4, -0.2) is 35.1 Å². The van der Waals surface area contributed by atoms with E-state index in [9.17, 15) is 14.4 Å². The summed E-state index contributed by atoms with van der Waals surface area (Å²) in [5.74, 6) is -0.333. The molecule has 10 heteroatoms. The highest BCUT2D eigenvalue weighted by Crippen LogP contribution is 2.33. The van der Waals surface area contributed by atoms with Gasteiger partial charge in [0.1, 0.15) is 11.4 Å². The molecule has 0 aliphatic heterocycles. The van der Waals surface area contributed by atoms with Gasteiger partial charge in [-0.25, -0.2) is 4.98 Å². The number of nitrogens with zero attached hydrogens (tertiary/aromatic N) is 1. The van der Waals surface area contributed by atoms with Crippen molar-refractivity contribution in [2.45, 2.75) is 17.1 Å². The molecule has 0 aliphatic rings. The van der Waals surface area contributed by atoms with Gasteiger partial charge in [-0.2, -0.15) is 0 Å². The number of hydrogen-bond donors (Lipinski definition) is 3. The quantitative estimate of drug-likeness (QED) is 0.0933. The van der Waals surface area contributed by atoms with Crippen molar-refractivity contribution in [2.75, 3.05) is 17.7 Å². The minimum atomic E-state index is -0.471. The Labute approximate surface area is 292 Å². The van der Waals surface area contributed by atoms with Gasteiger partial charge in [0.25, 0.3) is 11.8 Å². The average Bonchev–Trinajstić information content (AvgIpc) is 3.60. The van der Waals surface area contributed by atoms with Gasteiger partial charge in [-0.3, -0.25) is 14.4 Å². The van der Waals surface area contributed by atoms with Crippen LogP contribution in [-0.2, 0) is 9.59 Å². The van der Waals surface area contributed by atoms with Crippen LogP contribution in [0.2, 0.25) is 0 Å². The lowest BCUT2D eigenvalue weighted by molar-refractivity contribution is -0.115. The van der Waals surface area contributed by atoms with Gasteiger partial charge in [0, 0.05) is 27.1 Å². The van der Waals surface area contributed by atoms with Gasteiger partial charge in [0.15, 0.2) is 5.13 Å². The molecule has 0 saturated heterocycles. The first kappa shape index (κ1) is 33.2. The van der Waals surface area contributed by atoms with Crippen LogP contribution in [0.5, 0.6) is 5.75 Å². The highest BCUT2D eigenvalue weighted by atomic mass is 32.2. The SMILES string of the molecule is COc1ccccc1-c1csc(NC(=O)C(C)Sc2ccc(NC(=O)/C(=C/c3cccc4ccccc34)NC(=O)c3ccccc3)cc2)n1. The molecule has 3 N–H and O–H groups in total. The second-order valence-corrected chi connectivity index (χ2v) is 13.2. The van der Waals surface area contributed by atoms with Gasteiger partial charge in [0.2, 0.25) is 5.91 Å². The molecule has 6 rings (SSSR count). The summed E-state index contributed by atoms with van der Waals surface area (Å²) in [6.07, 6.45) is 1.69. The van der Waals surface area contributed by atoms with Gasteiger partial charge in [-0.05, 0) is 77.9 Å². The summed E-state index contributed by atoms with van der Waals surface area (Å²) in [5, 5.41) is 12.6. The van der Waals surface area contributed by atoms with Crippen LogP contribution in [0.1, 0.15) is 22.8 Å². The lowest BCUT2D eigenvalue weighted by Gasteiger charge is -2.13. The Kier molecular flexibility index (Phi) is 10.5. The molecule has 0 aliphatic carbocycles. The molecule has 8 nitrogen and oxygen atoms in total. The Bertz CT molecular complexity index is 2140. The van der Waals surface area contributed by atoms with E-state index in [-0.39, 0.29) is 11.6 Å². The standard InChI is InChI=1S/C39H32N4O4S2/c1-25(36(44)43-39-42-34(24-48-39)32-17-8-9-18-35(32)47-2)49-30-21-19-29(20-22-30)40-38(46)33(41-37(45)27-12-4-3-5-13-27)23-28-15-10-14-26-11-6-7-16-31(26)28/h3-25H,1-2H3,(H,40,46)(H,41,45)(H,42,43,44)/b33-23-. The average molecular weight is 685 g/mol. The molecule has 0 spiro atoms. The molecule has 0 saturated carbocycles. The number of thiazole rings is 1. The third kappa shape index (κ3) is 8.24. The Morgan fingerprint density at radius 3 is 2.33 bits per heavy atom. The van der Waals surface area contributed by atoms with Crippen LogP contribution < -0.4 is 20.7 Å². The zero-order chi connectivity index (χ0) is 34.2. The van der Waals surface area contributed by atoms with Crippen molar-refractivity contribution in [3.8, 4) is 17.0 Å². The number of aromatic nitrogens is 1. The highest BCUT2D eigenvalue weighted by Gasteiger charge is 2.19. The van der Waals surface area contributed by atoms with Crippen LogP contribution in [0.15, 0.2) is 137 Å². The van der Waals surface area contributed by atoms with Crippen molar-refractivity contribution in [1.29, 1.82) is 0 Å². The molecule has 6 aromatic rings. The van der Waals surface area contributed by atoms with E-state index in [1.165, 1.54) is 23.1 Å². The van der Waals surface area contributed by atoms with Crippen LogP contribution in [0.25, 0.3) is 28.1 Å². The molecule has 0 fully saturated rings. The predicted molar refractivity (Wildman–Crippen MR) is 199 cm³/mol. The summed E-state index contributed by atoms with van der Waals surface area (Å²) in [4.78, 5) is 45.1. The van der Waals surface area contributed by atoms with Gasteiger partial charge >= 0.3 is 0 Å². The minimum absolute atomic E-state index is 0.102. The lowest BCUT2D eigenvalue weighted by Crippen LogP contribution is -2.30. The fraction of sp³-hybridized carbons (Fsp3) is 0.0769. The van der Waals surface area contributed by atoms with Crippen molar-refractivity contribution < 1.29 is 19.1 Å². The van der Waals surface area contributed by atoms with E-state index in [1.807, 2.05) is 97.2 Å². The number of methoxy groups -OCH3 is 1. The number of rotatable bonds is 11. The largest absolute Gasteiger partial charge is 0.496 e. The molecular formula is C39H32N4O4S2. The third-order valence-corrected chi connectivity index (χ3v) is 9.43. The number of benzene rings is 5. The number of fused-ring (bicyclic) bond motifs is 1. The van der Waals surface area contributed by atoms with E-state index in [4.69, 9.17) is 4.74 Å².